The molecule has 1 aliphatic heterocycles. The van der Waals surface area contributed by atoms with E-state index < -0.39 is 11.6 Å². The number of nitrogens with zero attached hydrogens (tertiary/aromatic N) is 2. The molecule has 0 radical (unpaired) electrons. The molecule has 0 aliphatic carbocycles. The zero-order chi connectivity index (χ0) is 17.6. The van der Waals surface area contributed by atoms with Gasteiger partial charge in [-0.3, -0.25) is 9.98 Å². The van der Waals surface area contributed by atoms with Crippen molar-refractivity contribution < 1.29 is 8.42 Å². The van der Waals surface area contributed by atoms with E-state index in [4.69, 9.17) is 13.4 Å². The van der Waals surface area contributed by atoms with Crippen molar-refractivity contribution in [1.82, 2.24) is 4.98 Å². The van der Waals surface area contributed by atoms with E-state index in [9.17, 15) is 0 Å². The molecule has 2 heterocycles. The lowest BCUT2D eigenvalue weighted by Gasteiger charge is -2.04. The van der Waals surface area contributed by atoms with Gasteiger partial charge in [0.1, 0.15) is 0 Å². The first kappa shape index (κ1) is 16.9. The fourth-order valence-corrected chi connectivity index (χ4v) is 2.89. The van der Waals surface area contributed by atoms with Crippen molar-refractivity contribution in [1.29, 1.82) is 0 Å². The first-order valence-electron chi connectivity index (χ1n) is 7.81. The summed E-state index contributed by atoms with van der Waals surface area (Å²) in [6.45, 7) is 2.13. The smallest absolute Gasteiger partial charge is 0.264 e. The number of aromatic nitrogens is 1. The third-order valence-electron chi connectivity index (χ3n) is 4.06. The normalized spacial score (nSPS) is 11.8. The lowest BCUT2D eigenvalue weighted by atomic mass is 10.0. The molecule has 0 spiro atoms. The SMILES string of the molecule is Cc1ccc2c(c1)CC(c1ccc(-c3cccnc3)cc1)=N2.O=S=O. The molecular weight excluding hydrogens is 332 g/mol. The van der Waals surface area contributed by atoms with E-state index in [2.05, 4.69) is 60.4 Å². The van der Waals surface area contributed by atoms with E-state index in [-0.39, 0.29) is 0 Å². The summed E-state index contributed by atoms with van der Waals surface area (Å²) >= 11 is -0.750. The molecule has 25 heavy (non-hydrogen) atoms. The highest BCUT2D eigenvalue weighted by Crippen LogP contribution is 2.30. The Bertz CT molecular complexity index is 945. The summed E-state index contributed by atoms with van der Waals surface area (Å²) < 4.78 is 16.6. The number of aryl methyl sites for hydroxylation is 1. The molecule has 5 heteroatoms. The third kappa shape index (κ3) is 3.95. The van der Waals surface area contributed by atoms with Crippen molar-refractivity contribution in [2.75, 3.05) is 0 Å². The third-order valence-corrected chi connectivity index (χ3v) is 4.06. The highest BCUT2D eigenvalue weighted by molar-refractivity contribution is 7.51. The Morgan fingerprint density at radius 3 is 2.32 bits per heavy atom. The lowest BCUT2D eigenvalue weighted by Crippen LogP contribution is -2.00. The van der Waals surface area contributed by atoms with Crippen LogP contribution in [0.5, 0.6) is 0 Å². The number of aliphatic imine (C=N–C) groups is 1. The van der Waals surface area contributed by atoms with E-state index >= 15 is 0 Å². The average molecular weight is 348 g/mol. The highest BCUT2D eigenvalue weighted by atomic mass is 32.1. The molecule has 0 N–H and O–H groups in total. The summed E-state index contributed by atoms with van der Waals surface area (Å²) in [5.74, 6) is 0. The van der Waals surface area contributed by atoms with Gasteiger partial charge < -0.3 is 0 Å². The Morgan fingerprint density at radius 2 is 1.64 bits per heavy atom. The zero-order valence-corrected chi connectivity index (χ0v) is 14.5. The van der Waals surface area contributed by atoms with Gasteiger partial charge in [-0.05, 0) is 41.3 Å². The topological polar surface area (TPSA) is 59.4 Å². The van der Waals surface area contributed by atoms with Crippen molar-refractivity contribution in [3.05, 3.63) is 83.7 Å². The first-order valence-corrected chi connectivity index (χ1v) is 8.47. The zero-order valence-electron chi connectivity index (χ0n) is 13.7. The van der Waals surface area contributed by atoms with Crippen LogP contribution in [-0.4, -0.2) is 19.1 Å². The van der Waals surface area contributed by atoms with Crippen molar-refractivity contribution in [2.24, 2.45) is 4.99 Å². The molecule has 1 aliphatic rings. The molecule has 0 saturated carbocycles. The van der Waals surface area contributed by atoms with Crippen molar-refractivity contribution in [3.8, 4) is 11.1 Å². The predicted molar refractivity (Wildman–Crippen MR) is 99.7 cm³/mol. The minimum Gasteiger partial charge on any atom is -0.264 e. The van der Waals surface area contributed by atoms with Crippen LogP contribution in [0.25, 0.3) is 11.1 Å². The number of hydrogen-bond donors (Lipinski definition) is 0. The average Bonchev–Trinajstić information content (AvgIpc) is 3.06. The van der Waals surface area contributed by atoms with E-state index in [1.54, 1.807) is 6.20 Å². The van der Waals surface area contributed by atoms with Crippen LogP contribution in [0, 0.1) is 6.92 Å². The standard InChI is InChI=1S/C20H16N2.O2S/c1-14-4-9-19-18(11-14)12-20(22-19)16-7-5-15(6-8-16)17-3-2-10-21-13-17;1-3-2/h2-11,13H,12H2,1H3;. The van der Waals surface area contributed by atoms with E-state index in [0.29, 0.717) is 0 Å². The Kier molecular flexibility index (Phi) is 5.26. The second-order valence-corrected chi connectivity index (χ2v) is 5.89. The van der Waals surface area contributed by atoms with Gasteiger partial charge >= 0.3 is 11.6 Å². The molecule has 124 valence electrons. The Hall–Kier alpha value is -2.92. The van der Waals surface area contributed by atoms with Gasteiger partial charge in [0, 0.05) is 18.8 Å². The molecule has 1 aromatic heterocycles. The number of pyridine rings is 1. The molecule has 2 aromatic carbocycles. The van der Waals surface area contributed by atoms with Crippen LogP contribution < -0.4 is 0 Å². The van der Waals surface area contributed by atoms with Gasteiger partial charge in [0.15, 0.2) is 0 Å². The van der Waals surface area contributed by atoms with Gasteiger partial charge in [0.05, 0.1) is 11.4 Å². The van der Waals surface area contributed by atoms with E-state index in [1.165, 1.54) is 22.3 Å². The largest absolute Gasteiger partial charge is 0.335 e. The Balaban J connectivity index is 0.000000569. The number of hydrogen-bond acceptors (Lipinski definition) is 4. The van der Waals surface area contributed by atoms with E-state index in [0.717, 1.165) is 23.4 Å². The van der Waals surface area contributed by atoms with Gasteiger partial charge in [-0.25, -0.2) is 0 Å². The predicted octanol–water partition coefficient (Wildman–Crippen LogP) is 4.06. The molecule has 0 fully saturated rings. The number of benzene rings is 2. The fourth-order valence-electron chi connectivity index (χ4n) is 2.89. The number of rotatable bonds is 2. The summed E-state index contributed by atoms with van der Waals surface area (Å²) in [7, 11) is 0. The van der Waals surface area contributed by atoms with Crippen molar-refractivity contribution >= 4 is 23.0 Å². The van der Waals surface area contributed by atoms with Gasteiger partial charge in [-0.1, -0.05) is 48.0 Å². The molecule has 4 rings (SSSR count). The minimum atomic E-state index is -0.750. The molecular formula is C20H16N2O2S. The van der Waals surface area contributed by atoms with E-state index in [1.807, 2.05) is 12.3 Å². The van der Waals surface area contributed by atoms with Crippen molar-refractivity contribution in [2.45, 2.75) is 13.3 Å². The van der Waals surface area contributed by atoms with Crippen LogP contribution in [0.1, 0.15) is 16.7 Å². The second-order valence-electron chi connectivity index (χ2n) is 5.75. The summed E-state index contributed by atoms with van der Waals surface area (Å²) in [5, 5.41) is 0. The first-order chi connectivity index (χ1) is 12.2. The Labute approximate surface area is 149 Å². The summed E-state index contributed by atoms with van der Waals surface area (Å²) in [6.07, 6.45) is 4.61. The van der Waals surface area contributed by atoms with Crippen LogP contribution in [0.2, 0.25) is 0 Å². The fraction of sp³-hybridized carbons (Fsp3) is 0.100. The molecule has 0 bridgehead atoms. The van der Waals surface area contributed by atoms with Gasteiger partial charge in [0.2, 0.25) is 0 Å². The lowest BCUT2D eigenvalue weighted by molar-refractivity contribution is 0.630. The summed E-state index contributed by atoms with van der Waals surface area (Å²) in [6, 6.07) is 19.1. The molecule has 3 aromatic rings. The van der Waals surface area contributed by atoms with Gasteiger partial charge in [-0.15, -0.1) is 0 Å². The maximum Gasteiger partial charge on any atom is 0.335 e. The highest BCUT2D eigenvalue weighted by Gasteiger charge is 2.15. The van der Waals surface area contributed by atoms with Gasteiger partial charge in [-0.2, -0.15) is 8.42 Å². The summed E-state index contributed by atoms with van der Waals surface area (Å²) in [5.41, 5.74) is 8.40. The van der Waals surface area contributed by atoms with Crippen molar-refractivity contribution in [3.63, 3.8) is 0 Å². The minimum absolute atomic E-state index is 0.750. The van der Waals surface area contributed by atoms with Crippen LogP contribution in [0.4, 0.5) is 5.69 Å². The molecule has 0 amide bonds. The molecule has 0 atom stereocenters. The maximum atomic E-state index is 8.29. The quantitative estimate of drug-likeness (QED) is 0.701. The monoisotopic (exact) mass is 348 g/mol. The second kappa shape index (κ2) is 7.77. The van der Waals surface area contributed by atoms with Crippen LogP contribution in [0.3, 0.4) is 0 Å². The maximum absolute atomic E-state index is 8.29. The molecule has 0 saturated heterocycles. The van der Waals surface area contributed by atoms with Crippen LogP contribution >= 0.6 is 0 Å². The van der Waals surface area contributed by atoms with Crippen LogP contribution in [0.15, 0.2) is 72.0 Å². The Morgan fingerprint density at radius 1 is 0.920 bits per heavy atom. The molecule has 4 nitrogen and oxygen atoms in total. The van der Waals surface area contributed by atoms with Crippen LogP contribution in [-0.2, 0) is 18.0 Å². The number of fused-ring (bicyclic) bond motifs is 1. The van der Waals surface area contributed by atoms with Gasteiger partial charge in [0.25, 0.3) is 0 Å². The molecule has 0 unspecified atom stereocenters. The summed E-state index contributed by atoms with van der Waals surface area (Å²) in [4.78, 5) is 8.94.